The molecule has 1 rings (SSSR count). The molecule has 4 nitrogen and oxygen atoms in total. The molecule has 1 amide bonds. The zero-order valence-corrected chi connectivity index (χ0v) is 12.4. The predicted octanol–water partition coefficient (Wildman–Crippen LogP) is 1.67. The highest BCUT2D eigenvalue weighted by Crippen LogP contribution is 2.24. The molecule has 0 aromatic heterocycles. The van der Waals surface area contributed by atoms with E-state index < -0.39 is 0 Å². The maximum atomic E-state index is 13.4. The fraction of sp³-hybridized carbons (Fsp3) is 0.533. The molecular weight excluding hydrogens is 257 g/mol. The largest absolute Gasteiger partial charge is 0.358 e. The summed E-state index contributed by atoms with van der Waals surface area (Å²) in [7, 11) is 1.61. The molecule has 3 N–H and O–H groups in total. The van der Waals surface area contributed by atoms with Crippen LogP contribution in [0.4, 0.5) is 4.39 Å². The number of hydrogen-bond donors (Lipinski definition) is 2. The molecule has 0 bridgehead atoms. The quantitative estimate of drug-likeness (QED) is 0.799. The smallest absolute Gasteiger partial charge is 0.233 e. The van der Waals surface area contributed by atoms with Crippen molar-refractivity contribution in [2.24, 2.45) is 5.73 Å². The van der Waals surface area contributed by atoms with Gasteiger partial charge >= 0.3 is 0 Å². The van der Waals surface area contributed by atoms with Crippen molar-refractivity contribution in [1.29, 1.82) is 0 Å². The number of amides is 1. The summed E-state index contributed by atoms with van der Waals surface area (Å²) in [6.45, 7) is 4.91. The number of carbonyl (C=O) groups is 1. The van der Waals surface area contributed by atoms with Gasteiger partial charge in [0.15, 0.2) is 0 Å². The van der Waals surface area contributed by atoms with Crippen LogP contribution in [0.25, 0.3) is 0 Å². The van der Waals surface area contributed by atoms with E-state index in [1.54, 1.807) is 13.1 Å². The third-order valence-corrected chi connectivity index (χ3v) is 3.22. The van der Waals surface area contributed by atoms with Gasteiger partial charge in [-0.25, -0.2) is 4.39 Å². The average molecular weight is 281 g/mol. The average Bonchev–Trinajstić information content (AvgIpc) is 2.38. The molecule has 0 saturated heterocycles. The second-order valence-electron chi connectivity index (χ2n) is 5.00. The standard InChI is InChI=1S/C15H24FN3O/c1-4-8-19(10-14(20)18-3)15(11(2)17)12-6-5-7-13(16)9-12/h5-7,9,11,15H,4,8,10,17H2,1-3H3,(H,18,20). The van der Waals surface area contributed by atoms with Crippen molar-refractivity contribution >= 4 is 5.91 Å². The highest BCUT2D eigenvalue weighted by atomic mass is 19.1. The highest BCUT2D eigenvalue weighted by Gasteiger charge is 2.25. The number of rotatable bonds is 7. The Morgan fingerprint density at radius 3 is 2.70 bits per heavy atom. The van der Waals surface area contributed by atoms with Gasteiger partial charge in [-0.3, -0.25) is 9.69 Å². The number of halogens is 1. The van der Waals surface area contributed by atoms with E-state index in [4.69, 9.17) is 5.73 Å². The summed E-state index contributed by atoms with van der Waals surface area (Å²) >= 11 is 0. The van der Waals surface area contributed by atoms with Crippen LogP contribution in [0.2, 0.25) is 0 Å². The molecule has 1 aromatic carbocycles. The van der Waals surface area contributed by atoms with Gasteiger partial charge in [-0.1, -0.05) is 19.1 Å². The lowest BCUT2D eigenvalue weighted by Gasteiger charge is -2.34. The van der Waals surface area contributed by atoms with E-state index >= 15 is 0 Å². The van der Waals surface area contributed by atoms with Crippen molar-refractivity contribution in [3.8, 4) is 0 Å². The van der Waals surface area contributed by atoms with Crippen LogP contribution in [0.1, 0.15) is 31.9 Å². The van der Waals surface area contributed by atoms with Gasteiger partial charge in [0.2, 0.25) is 5.91 Å². The zero-order valence-electron chi connectivity index (χ0n) is 12.4. The van der Waals surface area contributed by atoms with Crippen molar-refractivity contribution in [1.82, 2.24) is 10.2 Å². The molecule has 5 heteroatoms. The minimum absolute atomic E-state index is 0.0690. The van der Waals surface area contributed by atoms with Crippen LogP contribution >= 0.6 is 0 Å². The number of nitrogens with zero attached hydrogens (tertiary/aromatic N) is 1. The fourth-order valence-corrected chi connectivity index (χ4v) is 2.40. The highest BCUT2D eigenvalue weighted by molar-refractivity contribution is 5.77. The topological polar surface area (TPSA) is 58.4 Å². The van der Waals surface area contributed by atoms with E-state index in [1.165, 1.54) is 12.1 Å². The number of nitrogens with two attached hydrogens (primary N) is 1. The van der Waals surface area contributed by atoms with Gasteiger partial charge in [0.05, 0.1) is 12.6 Å². The number of hydrogen-bond acceptors (Lipinski definition) is 3. The van der Waals surface area contributed by atoms with E-state index in [2.05, 4.69) is 5.32 Å². The molecule has 0 saturated carbocycles. The zero-order chi connectivity index (χ0) is 15.1. The second-order valence-corrected chi connectivity index (χ2v) is 5.00. The molecule has 0 aliphatic heterocycles. The molecule has 20 heavy (non-hydrogen) atoms. The van der Waals surface area contributed by atoms with E-state index in [9.17, 15) is 9.18 Å². The first-order chi connectivity index (χ1) is 9.49. The van der Waals surface area contributed by atoms with Crippen LogP contribution in [0, 0.1) is 5.82 Å². The fourth-order valence-electron chi connectivity index (χ4n) is 2.40. The Bertz CT molecular complexity index is 437. The Labute approximate surface area is 120 Å². The van der Waals surface area contributed by atoms with Gasteiger partial charge in [0, 0.05) is 13.1 Å². The number of nitrogens with one attached hydrogen (secondary N) is 1. The maximum absolute atomic E-state index is 13.4. The first kappa shape index (κ1) is 16.6. The summed E-state index contributed by atoms with van der Waals surface area (Å²) in [4.78, 5) is 13.7. The van der Waals surface area contributed by atoms with E-state index in [1.807, 2.05) is 24.8 Å². The Hall–Kier alpha value is -1.46. The van der Waals surface area contributed by atoms with Crippen LogP contribution in [0.5, 0.6) is 0 Å². The van der Waals surface area contributed by atoms with E-state index in [0.717, 1.165) is 18.5 Å². The molecule has 0 aliphatic rings. The van der Waals surface area contributed by atoms with E-state index in [0.29, 0.717) is 0 Å². The van der Waals surface area contributed by atoms with Gasteiger partial charge in [-0.15, -0.1) is 0 Å². The first-order valence-electron chi connectivity index (χ1n) is 6.95. The van der Waals surface area contributed by atoms with Crippen molar-refractivity contribution in [3.63, 3.8) is 0 Å². The van der Waals surface area contributed by atoms with Crippen LogP contribution in [-0.4, -0.2) is 37.0 Å². The monoisotopic (exact) mass is 281 g/mol. The Balaban J connectivity index is 3.04. The molecular formula is C15H24FN3O. The van der Waals surface area contributed by atoms with Crippen molar-refractivity contribution in [2.75, 3.05) is 20.1 Å². The maximum Gasteiger partial charge on any atom is 0.233 e. The lowest BCUT2D eigenvalue weighted by molar-refractivity contribution is -0.122. The SMILES string of the molecule is CCCN(CC(=O)NC)C(c1cccc(F)c1)C(C)N. The van der Waals surface area contributed by atoms with Gasteiger partial charge in [-0.2, -0.15) is 0 Å². The summed E-state index contributed by atoms with van der Waals surface area (Å²) in [6.07, 6.45) is 0.898. The van der Waals surface area contributed by atoms with Crippen LogP contribution in [0.3, 0.4) is 0 Å². The molecule has 0 fully saturated rings. The van der Waals surface area contributed by atoms with E-state index in [-0.39, 0.29) is 30.4 Å². The lowest BCUT2D eigenvalue weighted by Crippen LogP contribution is -2.44. The molecule has 0 heterocycles. The van der Waals surface area contributed by atoms with Gasteiger partial charge in [0.1, 0.15) is 5.82 Å². The third-order valence-electron chi connectivity index (χ3n) is 3.22. The van der Waals surface area contributed by atoms with Crippen LogP contribution in [-0.2, 0) is 4.79 Å². The second kappa shape index (κ2) is 7.97. The van der Waals surface area contributed by atoms with Crippen LogP contribution in [0.15, 0.2) is 24.3 Å². The molecule has 1 aromatic rings. The molecule has 0 radical (unpaired) electrons. The molecule has 112 valence electrons. The Morgan fingerprint density at radius 1 is 1.50 bits per heavy atom. The Morgan fingerprint density at radius 2 is 2.20 bits per heavy atom. The number of carbonyl (C=O) groups excluding carboxylic acids is 1. The minimum Gasteiger partial charge on any atom is -0.358 e. The van der Waals surface area contributed by atoms with Gasteiger partial charge < -0.3 is 11.1 Å². The van der Waals surface area contributed by atoms with Gasteiger partial charge in [-0.05, 0) is 37.6 Å². The molecule has 0 aliphatic carbocycles. The van der Waals surface area contributed by atoms with Crippen molar-refractivity contribution < 1.29 is 9.18 Å². The summed E-state index contributed by atoms with van der Waals surface area (Å²) in [5.41, 5.74) is 6.87. The summed E-state index contributed by atoms with van der Waals surface area (Å²) < 4.78 is 13.4. The molecule has 2 atom stereocenters. The summed E-state index contributed by atoms with van der Waals surface area (Å²) in [6, 6.07) is 6.04. The first-order valence-corrected chi connectivity index (χ1v) is 6.95. The van der Waals surface area contributed by atoms with Crippen molar-refractivity contribution in [2.45, 2.75) is 32.4 Å². The minimum atomic E-state index is -0.287. The number of likely N-dealkylation sites (N-methyl/N-ethyl adjacent to an activating group) is 1. The van der Waals surface area contributed by atoms with Crippen LogP contribution < -0.4 is 11.1 Å². The van der Waals surface area contributed by atoms with Gasteiger partial charge in [0.25, 0.3) is 0 Å². The normalized spacial score (nSPS) is 14.1. The van der Waals surface area contributed by atoms with Crippen molar-refractivity contribution in [3.05, 3.63) is 35.6 Å². The molecule has 2 unspecified atom stereocenters. The third kappa shape index (κ3) is 4.58. The lowest BCUT2D eigenvalue weighted by atomic mass is 9.98. The summed E-state index contributed by atoms with van der Waals surface area (Å²) in [5, 5.41) is 2.62. The summed E-state index contributed by atoms with van der Waals surface area (Å²) in [5.74, 6) is -0.356. The molecule has 0 spiro atoms. The predicted molar refractivity (Wildman–Crippen MR) is 78.7 cm³/mol. The number of benzene rings is 1. The Kier molecular flexibility index (Phi) is 6.61.